The van der Waals surface area contributed by atoms with Crippen LogP contribution < -0.4 is 10.6 Å². The van der Waals surface area contributed by atoms with Crippen LogP contribution in [0.5, 0.6) is 0 Å². The van der Waals surface area contributed by atoms with E-state index in [1.165, 1.54) is 0 Å². The van der Waals surface area contributed by atoms with Crippen molar-refractivity contribution >= 4 is 17.8 Å². The minimum atomic E-state index is -0.952. The zero-order chi connectivity index (χ0) is 20.6. The van der Waals surface area contributed by atoms with Gasteiger partial charge in [-0.25, -0.2) is 4.79 Å². The second-order valence-corrected chi connectivity index (χ2v) is 7.40. The zero-order valence-corrected chi connectivity index (χ0v) is 16.3. The molecule has 3 N–H and O–H groups in total. The number of hydrogen-bond acceptors (Lipinski definition) is 3. The molecule has 0 aliphatic heterocycles. The molecular weight excluding hydrogens is 368 g/mol. The molecule has 1 fully saturated rings. The van der Waals surface area contributed by atoms with Crippen LogP contribution in [0.25, 0.3) is 0 Å². The van der Waals surface area contributed by atoms with Crippen LogP contribution in [0.15, 0.2) is 48.5 Å². The van der Waals surface area contributed by atoms with E-state index in [1.54, 1.807) is 36.4 Å². The van der Waals surface area contributed by atoms with Crippen molar-refractivity contribution < 1.29 is 19.5 Å². The maximum absolute atomic E-state index is 12.3. The van der Waals surface area contributed by atoms with E-state index in [4.69, 9.17) is 5.11 Å². The van der Waals surface area contributed by atoms with Crippen LogP contribution in [-0.2, 0) is 17.8 Å². The van der Waals surface area contributed by atoms with Crippen molar-refractivity contribution in [3.05, 3.63) is 70.8 Å². The fourth-order valence-electron chi connectivity index (χ4n) is 3.53. The van der Waals surface area contributed by atoms with Crippen LogP contribution in [0.3, 0.4) is 0 Å². The van der Waals surface area contributed by atoms with Crippen LogP contribution in [0, 0.1) is 5.92 Å². The van der Waals surface area contributed by atoms with E-state index in [2.05, 4.69) is 10.6 Å². The van der Waals surface area contributed by atoms with Gasteiger partial charge in [-0.15, -0.1) is 0 Å². The number of hydrogen-bond donors (Lipinski definition) is 3. The van der Waals surface area contributed by atoms with Gasteiger partial charge in [0.15, 0.2) is 0 Å². The largest absolute Gasteiger partial charge is 0.478 e. The number of carboxylic acids is 1. The summed E-state index contributed by atoms with van der Waals surface area (Å²) in [6.45, 7) is 0.939. The molecule has 0 spiro atoms. The average molecular weight is 394 g/mol. The van der Waals surface area contributed by atoms with Gasteiger partial charge < -0.3 is 15.7 Å². The fraction of sp³-hybridized carbons (Fsp3) is 0.348. The first-order chi connectivity index (χ1) is 14.0. The number of aromatic carboxylic acids is 1. The Morgan fingerprint density at radius 1 is 0.828 bits per heavy atom. The molecule has 2 aromatic rings. The van der Waals surface area contributed by atoms with E-state index in [9.17, 15) is 14.4 Å². The third-order valence-corrected chi connectivity index (χ3v) is 5.31. The molecule has 0 atom stereocenters. The van der Waals surface area contributed by atoms with Gasteiger partial charge in [0.05, 0.1) is 5.56 Å². The fourth-order valence-corrected chi connectivity index (χ4v) is 3.53. The topological polar surface area (TPSA) is 95.5 Å². The van der Waals surface area contributed by atoms with Gasteiger partial charge in [0.2, 0.25) is 5.91 Å². The number of nitrogens with one attached hydrogen (secondary N) is 2. The molecule has 0 bridgehead atoms. The Morgan fingerprint density at radius 3 is 2.03 bits per heavy atom. The summed E-state index contributed by atoms with van der Waals surface area (Å²) in [7, 11) is 0. The highest BCUT2D eigenvalue weighted by molar-refractivity contribution is 5.94. The minimum Gasteiger partial charge on any atom is -0.478 e. The first-order valence-electron chi connectivity index (χ1n) is 10.00. The summed E-state index contributed by atoms with van der Waals surface area (Å²) in [5.41, 5.74) is 2.74. The summed E-state index contributed by atoms with van der Waals surface area (Å²) in [4.78, 5) is 35.2. The van der Waals surface area contributed by atoms with E-state index in [1.807, 2.05) is 12.1 Å². The summed E-state index contributed by atoms with van der Waals surface area (Å²) >= 11 is 0. The Balaban J connectivity index is 1.42. The highest BCUT2D eigenvalue weighted by Crippen LogP contribution is 2.24. The molecule has 1 saturated carbocycles. The molecule has 0 heterocycles. The quantitative estimate of drug-likeness (QED) is 0.641. The second-order valence-electron chi connectivity index (χ2n) is 7.40. The molecule has 0 unspecified atom stereocenters. The van der Waals surface area contributed by atoms with Gasteiger partial charge in [0.1, 0.15) is 0 Å². The molecule has 2 amide bonds. The van der Waals surface area contributed by atoms with Crippen LogP contribution in [0.1, 0.15) is 57.5 Å². The lowest BCUT2D eigenvalue weighted by Gasteiger charge is -2.11. The summed E-state index contributed by atoms with van der Waals surface area (Å²) in [5, 5.41) is 14.7. The van der Waals surface area contributed by atoms with Crippen molar-refractivity contribution in [2.45, 2.75) is 38.6 Å². The highest BCUT2D eigenvalue weighted by Gasteiger charge is 2.22. The highest BCUT2D eigenvalue weighted by atomic mass is 16.4. The summed E-state index contributed by atoms with van der Waals surface area (Å²) in [6.07, 6.45) is 4.85. The molecule has 29 heavy (non-hydrogen) atoms. The number of carbonyl (C=O) groups is 3. The van der Waals surface area contributed by atoms with Gasteiger partial charge >= 0.3 is 5.97 Å². The second kappa shape index (κ2) is 9.87. The van der Waals surface area contributed by atoms with Crippen LogP contribution in [0.4, 0.5) is 0 Å². The summed E-state index contributed by atoms with van der Waals surface area (Å²) < 4.78 is 0. The van der Waals surface area contributed by atoms with Crippen molar-refractivity contribution in [3.63, 3.8) is 0 Å². The van der Waals surface area contributed by atoms with Gasteiger partial charge in [-0.05, 0) is 54.7 Å². The lowest BCUT2D eigenvalue weighted by molar-refractivity contribution is -0.124. The normalized spacial score (nSPS) is 13.8. The first kappa shape index (κ1) is 20.6. The number of benzene rings is 2. The molecule has 1 aliphatic rings. The standard InChI is InChI=1S/C23H26N2O4/c26-21(24-14-13-16-5-11-20(12-6-16)23(28)29)19-9-7-17(8-10-19)15-25-22(27)18-3-1-2-4-18/h5-12,18H,1-4,13-15H2,(H,24,26)(H,25,27)(H,28,29). The van der Waals surface area contributed by atoms with E-state index in [-0.39, 0.29) is 23.3 Å². The minimum absolute atomic E-state index is 0.126. The van der Waals surface area contributed by atoms with E-state index < -0.39 is 5.97 Å². The Bertz CT molecular complexity index is 853. The van der Waals surface area contributed by atoms with Crippen molar-refractivity contribution in [2.75, 3.05) is 6.54 Å². The molecule has 0 aromatic heterocycles. The summed E-state index contributed by atoms with van der Waals surface area (Å²) in [5.74, 6) is -0.832. The lowest BCUT2D eigenvalue weighted by Crippen LogP contribution is -2.28. The van der Waals surface area contributed by atoms with Crippen molar-refractivity contribution in [3.8, 4) is 0 Å². The molecule has 0 saturated heterocycles. The van der Waals surface area contributed by atoms with Crippen molar-refractivity contribution in [1.29, 1.82) is 0 Å². The van der Waals surface area contributed by atoms with Crippen molar-refractivity contribution in [2.24, 2.45) is 5.92 Å². The Labute approximate surface area is 170 Å². The van der Waals surface area contributed by atoms with Crippen LogP contribution in [-0.4, -0.2) is 29.4 Å². The predicted octanol–water partition coefficient (Wildman–Crippen LogP) is 3.16. The third-order valence-electron chi connectivity index (χ3n) is 5.31. The zero-order valence-electron chi connectivity index (χ0n) is 16.3. The Hall–Kier alpha value is -3.15. The van der Waals surface area contributed by atoms with Gasteiger partial charge in [-0.3, -0.25) is 9.59 Å². The molecule has 2 aromatic carbocycles. The van der Waals surface area contributed by atoms with E-state index >= 15 is 0 Å². The number of carboxylic acid groups (broad SMARTS) is 1. The van der Waals surface area contributed by atoms with Gasteiger partial charge in [0, 0.05) is 24.6 Å². The van der Waals surface area contributed by atoms with Crippen molar-refractivity contribution in [1.82, 2.24) is 10.6 Å². The van der Waals surface area contributed by atoms with Gasteiger partial charge in [-0.2, -0.15) is 0 Å². The molecule has 1 aliphatic carbocycles. The predicted molar refractivity (Wildman–Crippen MR) is 110 cm³/mol. The van der Waals surface area contributed by atoms with Crippen LogP contribution >= 0.6 is 0 Å². The third kappa shape index (κ3) is 5.91. The molecule has 6 heteroatoms. The number of amides is 2. The SMILES string of the molecule is O=C(O)c1ccc(CCNC(=O)c2ccc(CNC(=O)C3CCCC3)cc2)cc1. The van der Waals surface area contributed by atoms with Gasteiger partial charge in [0.25, 0.3) is 5.91 Å². The summed E-state index contributed by atoms with van der Waals surface area (Å²) in [6, 6.07) is 13.9. The molecule has 6 nitrogen and oxygen atoms in total. The molecule has 3 rings (SSSR count). The number of rotatable bonds is 8. The molecule has 0 radical (unpaired) electrons. The maximum Gasteiger partial charge on any atom is 0.335 e. The van der Waals surface area contributed by atoms with Crippen LogP contribution in [0.2, 0.25) is 0 Å². The van der Waals surface area contributed by atoms with Gasteiger partial charge in [-0.1, -0.05) is 37.1 Å². The van der Waals surface area contributed by atoms with E-state index in [0.29, 0.717) is 25.1 Å². The first-order valence-corrected chi connectivity index (χ1v) is 10.00. The maximum atomic E-state index is 12.3. The van der Waals surface area contributed by atoms with E-state index in [0.717, 1.165) is 36.8 Å². The Kier molecular flexibility index (Phi) is 7.00. The lowest BCUT2D eigenvalue weighted by atomic mass is 10.1. The smallest absolute Gasteiger partial charge is 0.335 e. The molecular formula is C23H26N2O4. The molecule has 152 valence electrons. The number of carbonyl (C=O) groups excluding carboxylic acids is 2. The average Bonchev–Trinajstić information content (AvgIpc) is 3.28. The monoisotopic (exact) mass is 394 g/mol. The Morgan fingerprint density at radius 2 is 1.41 bits per heavy atom.